The van der Waals surface area contributed by atoms with Crippen LogP contribution in [-0.2, 0) is 0 Å². The van der Waals surface area contributed by atoms with Crippen LogP contribution < -0.4 is 5.73 Å². The summed E-state index contributed by atoms with van der Waals surface area (Å²) >= 11 is 0. The van der Waals surface area contributed by atoms with Crippen molar-refractivity contribution in [3.05, 3.63) is 0 Å². The van der Waals surface area contributed by atoms with Crippen LogP contribution >= 0.6 is 0 Å². The Hall–Kier alpha value is -0.120. The largest absolute Gasteiger partial charge is 0.378 e. The van der Waals surface area contributed by atoms with Gasteiger partial charge < -0.3 is 10.8 Å². The molecule has 2 atom stereocenters. The Labute approximate surface area is 87.3 Å². The predicted molar refractivity (Wildman–Crippen MR) is 58.9 cm³/mol. The van der Waals surface area contributed by atoms with E-state index in [-0.39, 0.29) is 6.23 Å². The first-order valence-electron chi connectivity index (χ1n) is 5.80. The molecule has 0 spiro atoms. The average Bonchev–Trinajstić information content (AvgIpc) is 2.18. The second-order valence-corrected chi connectivity index (χ2v) is 4.60. The molecule has 1 heterocycles. The van der Waals surface area contributed by atoms with E-state index in [4.69, 9.17) is 5.73 Å². The van der Waals surface area contributed by atoms with Crippen molar-refractivity contribution in [3.8, 4) is 0 Å². The molecule has 1 unspecified atom stereocenters. The molecule has 0 saturated carbocycles. The number of nitrogens with two attached hydrogens (primary N) is 1. The van der Waals surface area contributed by atoms with Crippen molar-refractivity contribution in [2.75, 3.05) is 13.1 Å². The molecule has 0 radical (unpaired) electrons. The van der Waals surface area contributed by atoms with Gasteiger partial charge in [0.2, 0.25) is 0 Å². The van der Waals surface area contributed by atoms with Crippen molar-refractivity contribution in [2.24, 2.45) is 11.7 Å². The van der Waals surface area contributed by atoms with Crippen molar-refractivity contribution < 1.29 is 5.11 Å². The summed E-state index contributed by atoms with van der Waals surface area (Å²) in [6.45, 7) is 6.07. The van der Waals surface area contributed by atoms with Crippen molar-refractivity contribution in [1.29, 1.82) is 0 Å². The first-order valence-corrected chi connectivity index (χ1v) is 5.80. The average molecular weight is 200 g/mol. The van der Waals surface area contributed by atoms with E-state index < -0.39 is 0 Å². The van der Waals surface area contributed by atoms with Crippen molar-refractivity contribution in [3.63, 3.8) is 0 Å². The summed E-state index contributed by atoms with van der Waals surface area (Å²) in [5.41, 5.74) is 5.47. The van der Waals surface area contributed by atoms with E-state index in [9.17, 15) is 5.11 Å². The molecule has 1 aliphatic rings. The van der Waals surface area contributed by atoms with Crippen LogP contribution in [0.15, 0.2) is 0 Å². The fraction of sp³-hybridized carbons (Fsp3) is 1.00. The van der Waals surface area contributed by atoms with Gasteiger partial charge in [0.1, 0.15) is 6.23 Å². The Bertz CT molecular complexity index is 161. The summed E-state index contributed by atoms with van der Waals surface area (Å²) in [5.74, 6) is 0.628. The van der Waals surface area contributed by atoms with Crippen LogP contribution in [0.1, 0.15) is 39.5 Å². The van der Waals surface area contributed by atoms with Crippen LogP contribution in [0.3, 0.4) is 0 Å². The number of nitrogens with zero attached hydrogens (tertiary/aromatic N) is 1. The van der Waals surface area contributed by atoms with Crippen LogP contribution in [0, 0.1) is 5.92 Å². The molecule has 1 rings (SSSR count). The van der Waals surface area contributed by atoms with Crippen LogP contribution in [0.25, 0.3) is 0 Å². The minimum absolute atomic E-state index is 0.326. The highest BCUT2D eigenvalue weighted by atomic mass is 16.3. The van der Waals surface area contributed by atoms with Gasteiger partial charge in [-0.15, -0.1) is 0 Å². The lowest BCUT2D eigenvalue weighted by atomic mass is 9.92. The van der Waals surface area contributed by atoms with E-state index in [1.54, 1.807) is 0 Å². The van der Waals surface area contributed by atoms with Crippen molar-refractivity contribution in [1.82, 2.24) is 4.90 Å². The monoisotopic (exact) mass is 200 g/mol. The van der Waals surface area contributed by atoms with Crippen molar-refractivity contribution >= 4 is 0 Å². The zero-order chi connectivity index (χ0) is 10.6. The molecule has 3 nitrogen and oxygen atoms in total. The summed E-state index contributed by atoms with van der Waals surface area (Å²) < 4.78 is 0. The van der Waals surface area contributed by atoms with E-state index in [0.29, 0.717) is 24.9 Å². The van der Waals surface area contributed by atoms with Gasteiger partial charge >= 0.3 is 0 Å². The zero-order valence-corrected chi connectivity index (χ0v) is 9.45. The maximum absolute atomic E-state index is 9.94. The minimum Gasteiger partial charge on any atom is -0.378 e. The lowest BCUT2D eigenvalue weighted by Crippen LogP contribution is -2.49. The predicted octanol–water partition coefficient (Wildman–Crippen LogP) is 1.16. The highest BCUT2D eigenvalue weighted by Gasteiger charge is 2.28. The molecule has 0 aromatic heterocycles. The van der Waals surface area contributed by atoms with Gasteiger partial charge in [0.25, 0.3) is 0 Å². The summed E-state index contributed by atoms with van der Waals surface area (Å²) in [6, 6.07) is 0.547. The molecule has 1 saturated heterocycles. The number of aliphatic hydroxyl groups excluding tert-OH is 1. The molecule has 14 heavy (non-hydrogen) atoms. The fourth-order valence-corrected chi connectivity index (χ4v) is 2.38. The molecule has 3 N–H and O–H groups in total. The highest BCUT2D eigenvalue weighted by Crippen LogP contribution is 2.25. The Morgan fingerprint density at radius 1 is 1.43 bits per heavy atom. The van der Waals surface area contributed by atoms with Gasteiger partial charge in [-0.1, -0.05) is 20.3 Å². The van der Waals surface area contributed by atoms with Crippen LogP contribution in [0.4, 0.5) is 0 Å². The third-order valence-electron chi connectivity index (χ3n) is 3.17. The molecule has 0 bridgehead atoms. The second-order valence-electron chi connectivity index (χ2n) is 4.60. The lowest BCUT2D eigenvalue weighted by molar-refractivity contribution is -0.0558. The summed E-state index contributed by atoms with van der Waals surface area (Å²) in [7, 11) is 0. The third kappa shape index (κ3) is 2.94. The van der Waals surface area contributed by atoms with Gasteiger partial charge in [-0.05, 0) is 31.7 Å². The van der Waals surface area contributed by atoms with E-state index in [1.165, 1.54) is 19.3 Å². The minimum atomic E-state index is -0.326. The highest BCUT2D eigenvalue weighted by molar-refractivity contribution is 4.80. The van der Waals surface area contributed by atoms with Crippen LogP contribution in [0.2, 0.25) is 0 Å². The Balaban J connectivity index is 2.53. The quantitative estimate of drug-likeness (QED) is 0.716. The summed E-state index contributed by atoms with van der Waals surface area (Å²) in [5, 5.41) is 9.94. The standard InChI is InChI=1S/C11H24N2O/c1-9(2)10-5-3-4-8-13(10)11(14)6-7-12/h9-11,14H,3-8,12H2,1-2H3/t10-,11?/m1/s1. The van der Waals surface area contributed by atoms with E-state index >= 15 is 0 Å². The second kappa shape index (κ2) is 5.69. The zero-order valence-electron chi connectivity index (χ0n) is 9.45. The SMILES string of the molecule is CC(C)[C@H]1CCCCN1C(O)CCN. The van der Waals surface area contributed by atoms with Gasteiger partial charge in [0, 0.05) is 12.6 Å². The normalized spacial score (nSPS) is 26.8. The van der Waals surface area contributed by atoms with Crippen LogP contribution in [0.5, 0.6) is 0 Å². The molecule has 84 valence electrons. The Morgan fingerprint density at radius 3 is 2.71 bits per heavy atom. The maximum Gasteiger partial charge on any atom is 0.108 e. The van der Waals surface area contributed by atoms with Crippen LogP contribution in [-0.4, -0.2) is 35.4 Å². The summed E-state index contributed by atoms with van der Waals surface area (Å²) in [4.78, 5) is 2.24. The van der Waals surface area contributed by atoms with Crippen molar-refractivity contribution in [2.45, 2.75) is 51.8 Å². The van der Waals surface area contributed by atoms with E-state index in [2.05, 4.69) is 18.7 Å². The number of rotatable bonds is 4. The van der Waals surface area contributed by atoms with Gasteiger partial charge in [0.15, 0.2) is 0 Å². The van der Waals surface area contributed by atoms with Gasteiger partial charge in [-0.25, -0.2) is 0 Å². The topological polar surface area (TPSA) is 49.5 Å². The summed E-state index contributed by atoms with van der Waals surface area (Å²) in [6.07, 6.45) is 4.11. The molecular weight excluding hydrogens is 176 g/mol. The molecule has 0 aromatic rings. The smallest absolute Gasteiger partial charge is 0.108 e. The number of aliphatic hydroxyl groups is 1. The number of hydrogen-bond donors (Lipinski definition) is 2. The number of likely N-dealkylation sites (tertiary alicyclic amines) is 1. The molecule has 0 amide bonds. The fourth-order valence-electron chi connectivity index (χ4n) is 2.38. The number of piperidine rings is 1. The molecular formula is C11H24N2O. The van der Waals surface area contributed by atoms with Gasteiger partial charge in [-0.3, -0.25) is 4.90 Å². The first kappa shape index (κ1) is 12.0. The van der Waals surface area contributed by atoms with E-state index in [0.717, 1.165) is 6.54 Å². The molecule has 3 heteroatoms. The molecule has 1 fully saturated rings. The molecule has 1 aliphatic heterocycles. The molecule has 0 aliphatic carbocycles. The Morgan fingerprint density at radius 2 is 2.14 bits per heavy atom. The molecule has 0 aromatic carbocycles. The third-order valence-corrected chi connectivity index (χ3v) is 3.17. The number of hydrogen-bond acceptors (Lipinski definition) is 3. The van der Waals surface area contributed by atoms with Gasteiger partial charge in [-0.2, -0.15) is 0 Å². The lowest BCUT2D eigenvalue weighted by Gasteiger charge is -2.41. The van der Waals surface area contributed by atoms with E-state index in [1.807, 2.05) is 0 Å². The Kier molecular flexibility index (Phi) is 4.85. The first-order chi connectivity index (χ1) is 6.66. The maximum atomic E-state index is 9.94. The van der Waals surface area contributed by atoms with Gasteiger partial charge in [0.05, 0.1) is 0 Å².